The van der Waals surface area contributed by atoms with Crippen molar-refractivity contribution in [3.05, 3.63) is 93.1 Å². The van der Waals surface area contributed by atoms with Crippen molar-refractivity contribution in [1.82, 2.24) is 4.90 Å². The average molecular weight is 525 g/mol. The number of fused-ring (bicyclic) bond motifs is 3. The van der Waals surface area contributed by atoms with Crippen LogP contribution in [0.1, 0.15) is 22.6 Å². The summed E-state index contributed by atoms with van der Waals surface area (Å²) in [4.78, 5) is 26.6. The summed E-state index contributed by atoms with van der Waals surface area (Å²) < 4.78 is 12.0. The Morgan fingerprint density at radius 1 is 0.968 bits per heavy atom. The predicted octanol–water partition coefficient (Wildman–Crippen LogP) is 4.97. The second-order valence-corrected chi connectivity index (χ2v) is 8.96. The Hall–Kier alpha value is -2.87. The standard InChI is InChI=1S/C25H20INO4/c26-17-11-9-16(10-12-17)13-23-24(28)31-15-27(23)25(29)30-14-22-20-7-3-1-5-18(20)19-6-2-4-8-21(19)22/h1-12,22-23H,13-15H2. The van der Waals surface area contributed by atoms with Gasteiger partial charge in [0.15, 0.2) is 6.73 Å². The highest BCUT2D eigenvalue weighted by atomic mass is 127. The van der Waals surface area contributed by atoms with Crippen LogP contribution in [-0.4, -0.2) is 36.3 Å². The molecule has 1 heterocycles. The number of rotatable bonds is 4. The summed E-state index contributed by atoms with van der Waals surface area (Å²) in [7, 11) is 0. The molecule has 1 aliphatic carbocycles. The summed E-state index contributed by atoms with van der Waals surface area (Å²) in [5.41, 5.74) is 5.63. The fourth-order valence-corrected chi connectivity index (χ4v) is 4.70. The lowest BCUT2D eigenvalue weighted by Gasteiger charge is -2.21. The molecule has 31 heavy (non-hydrogen) atoms. The summed E-state index contributed by atoms with van der Waals surface area (Å²) in [5, 5.41) is 0. The van der Waals surface area contributed by atoms with Crippen molar-refractivity contribution >= 4 is 34.7 Å². The molecule has 0 spiro atoms. The van der Waals surface area contributed by atoms with E-state index in [-0.39, 0.29) is 19.3 Å². The maximum Gasteiger partial charge on any atom is 0.413 e. The van der Waals surface area contributed by atoms with Crippen LogP contribution in [0.15, 0.2) is 72.8 Å². The second-order valence-electron chi connectivity index (χ2n) is 7.71. The highest BCUT2D eigenvalue weighted by Gasteiger charge is 2.39. The van der Waals surface area contributed by atoms with Gasteiger partial charge in [-0.25, -0.2) is 9.59 Å². The van der Waals surface area contributed by atoms with E-state index in [4.69, 9.17) is 9.47 Å². The number of ether oxygens (including phenoxy) is 2. The van der Waals surface area contributed by atoms with Crippen LogP contribution in [0.25, 0.3) is 11.1 Å². The zero-order chi connectivity index (χ0) is 21.4. The number of hydrogen-bond donors (Lipinski definition) is 0. The van der Waals surface area contributed by atoms with Crippen LogP contribution in [0, 0.1) is 3.57 Å². The molecule has 1 aliphatic heterocycles. The van der Waals surface area contributed by atoms with Crippen LogP contribution in [0.2, 0.25) is 0 Å². The first-order chi connectivity index (χ1) is 15.1. The molecule has 1 amide bonds. The van der Waals surface area contributed by atoms with Crippen molar-refractivity contribution < 1.29 is 19.1 Å². The highest BCUT2D eigenvalue weighted by molar-refractivity contribution is 14.1. The molecule has 0 radical (unpaired) electrons. The Labute approximate surface area is 194 Å². The Morgan fingerprint density at radius 3 is 2.23 bits per heavy atom. The van der Waals surface area contributed by atoms with Gasteiger partial charge in [-0.05, 0) is 62.5 Å². The molecule has 1 unspecified atom stereocenters. The largest absolute Gasteiger partial charge is 0.448 e. The maximum atomic E-state index is 12.9. The lowest BCUT2D eigenvalue weighted by atomic mass is 9.98. The minimum absolute atomic E-state index is 0.0229. The Balaban J connectivity index is 1.31. The Morgan fingerprint density at radius 2 is 1.58 bits per heavy atom. The van der Waals surface area contributed by atoms with Crippen molar-refractivity contribution in [1.29, 1.82) is 0 Å². The molecule has 3 aromatic carbocycles. The molecule has 2 aliphatic rings. The third-order valence-corrected chi connectivity index (χ3v) is 6.63. The molecule has 1 saturated heterocycles. The van der Waals surface area contributed by atoms with Gasteiger partial charge < -0.3 is 9.47 Å². The predicted molar refractivity (Wildman–Crippen MR) is 125 cm³/mol. The molecule has 3 aromatic rings. The number of hydrogen-bond acceptors (Lipinski definition) is 4. The van der Waals surface area contributed by atoms with Gasteiger partial charge in [0.05, 0.1) is 0 Å². The van der Waals surface area contributed by atoms with E-state index < -0.39 is 18.1 Å². The van der Waals surface area contributed by atoms with Crippen molar-refractivity contribution in [2.24, 2.45) is 0 Å². The number of halogens is 1. The third-order valence-electron chi connectivity index (χ3n) is 5.91. The fraction of sp³-hybridized carbons (Fsp3) is 0.200. The van der Waals surface area contributed by atoms with E-state index in [0.29, 0.717) is 6.42 Å². The Kier molecular flexibility index (Phi) is 5.40. The molecule has 1 atom stereocenters. The topological polar surface area (TPSA) is 55.8 Å². The number of benzene rings is 3. The van der Waals surface area contributed by atoms with Crippen LogP contribution >= 0.6 is 22.6 Å². The molecule has 1 fully saturated rings. The van der Waals surface area contributed by atoms with Gasteiger partial charge in [-0.1, -0.05) is 60.7 Å². The lowest BCUT2D eigenvalue weighted by molar-refractivity contribution is -0.139. The molecule has 6 heteroatoms. The minimum atomic E-state index is -0.671. The first-order valence-electron chi connectivity index (χ1n) is 10.1. The van der Waals surface area contributed by atoms with Gasteiger partial charge in [0.2, 0.25) is 0 Å². The number of carbonyl (C=O) groups excluding carboxylic acids is 2. The molecular weight excluding hydrogens is 505 g/mol. The van der Waals surface area contributed by atoms with Crippen LogP contribution in [0.3, 0.4) is 0 Å². The molecule has 0 saturated carbocycles. The summed E-state index contributed by atoms with van der Waals surface area (Å²) >= 11 is 2.23. The van der Waals surface area contributed by atoms with Crippen molar-refractivity contribution in [3.63, 3.8) is 0 Å². The van der Waals surface area contributed by atoms with Crippen molar-refractivity contribution in [2.45, 2.75) is 18.4 Å². The maximum absolute atomic E-state index is 12.9. The minimum Gasteiger partial charge on any atom is -0.448 e. The average Bonchev–Trinajstić information content (AvgIpc) is 3.32. The molecule has 5 rings (SSSR count). The molecule has 0 bridgehead atoms. The summed E-state index contributed by atoms with van der Waals surface area (Å²) in [6.07, 6.45) is -0.122. The SMILES string of the molecule is O=C1OCN(C(=O)OCC2c3ccccc3-c3ccccc32)C1Cc1ccc(I)cc1. The third kappa shape index (κ3) is 3.80. The Bertz CT molecular complexity index is 1100. The normalized spacial score (nSPS) is 17.3. The van der Waals surface area contributed by atoms with Gasteiger partial charge in [-0.15, -0.1) is 0 Å². The summed E-state index contributed by atoms with van der Waals surface area (Å²) in [6.45, 7) is 0.137. The van der Waals surface area contributed by atoms with Gasteiger partial charge >= 0.3 is 12.1 Å². The number of esters is 1. The summed E-state index contributed by atoms with van der Waals surface area (Å²) in [5.74, 6) is -0.419. The van der Waals surface area contributed by atoms with Gasteiger partial charge in [-0.2, -0.15) is 0 Å². The smallest absolute Gasteiger partial charge is 0.413 e. The zero-order valence-electron chi connectivity index (χ0n) is 16.7. The number of cyclic esters (lactones) is 1. The van der Waals surface area contributed by atoms with Crippen LogP contribution in [0.5, 0.6) is 0 Å². The molecular formula is C25H20INO4. The van der Waals surface area contributed by atoms with Crippen LogP contribution < -0.4 is 0 Å². The van der Waals surface area contributed by atoms with E-state index in [1.165, 1.54) is 16.0 Å². The monoisotopic (exact) mass is 525 g/mol. The van der Waals surface area contributed by atoms with Crippen LogP contribution in [-0.2, 0) is 20.7 Å². The van der Waals surface area contributed by atoms with Crippen LogP contribution in [0.4, 0.5) is 4.79 Å². The zero-order valence-corrected chi connectivity index (χ0v) is 18.8. The lowest BCUT2D eigenvalue weighted by Crippen LogP contribution is -2.40. The van der Waals surface area contributed by atoms with Crippen molar-refractivity contribution in [2.75, 3.05) is 13.3 Å². The molecule has 0 aromatic heterocycles. The number of carbonyl (C=O) groups is 2. The number of nitrogens with zero attached hydrogens (tertiary/aromatic N) is 1. The van der Waals surface area contributed by atoms with E-state index in [9.17, 15) is 9.59 Å². The van der Waals surface area contributed by atoms with E-state index >= 15 is 0 Å². The van der Waals surface area contributed by atoms with E-state index in [1.54, 1.807) is 0 Å². The number of amides is 1. The quantitative estimate of drug-likeness (QED) is 0.357. The first-order valence-corrected chi connectivity index (χ1v) is 11.2. The van der Waals surface area contributed by atoms with E-state index in [0.717, 1.165) is 20.3 Å². The highest BCUT2D eigenvalue weighted by Crippen LogP contribution is 2.44. The first kappa shape index (κ1) is 20.1. The van der Waals surface area contributed by atoms with Gasteiger partial charge in [-0.3, -0.25) is 4.90 Å². The van der Waals surface area contributed by atoms with Gasteiger partial charge in [0.1, 0.15) is 12.6 Å². The molecule has 5 nitrogen and oxygen atoms in total. The molecule has 0 N–H and O–H groups in total. The van der Waals surface area contributed by atoms with Gasteiger partial charge in [0.25, 0.3) is 0 Å². The van der Waals surface area contributed by atoms with E-state index in [1.807, 2.05) is 48.5 Å². The van der Waals surface area contributed by atoms with Crippen molar-refractivity contribution in [3.8, 4) is 11.1 Å². The van der Waals surface area contributed by atoms with E-state index in [2.05, 4.69) is 46.9 Å². The second kappa shape index (κ2) is 8.34. The van der Waals surface area contributed by atoms with Gasteiger partial charge in [0, 0.05) is 15.9 Å². The molecule has 156 valence electrons. The summed E-state index contributed by atoms with van der Waals surface area (Å²) in [6, 6.07) is 23.6. The fourth-order valence-electron chi connectivity index (χ4n) is 4.34.